The molecule has 0 heterocycles. The Morgan fingerprint density at radius 3 is 2.58 bits per heavy atom. The molecule has 0 saturated heterocycles. The number of nitrogens with two attached hydrogens (primary N) is 1. The summed E-state index contributed by atoms with van der Waals surface area (Å²) in [7, 11) is -2.11. The van der Waals surface area contributed by atoms with Crippen molar-refractivity contribution in [3.05, 3.63) is 16.6 Å². The van der Waals surface area contributed by atoms with Gasteiger partial charge in [0.2, 0.25) is 10.0 Å². The number of methoxy groups -OCH3 is 1. The first-order valence-electron chi connectivity index (χ1n) is 6.06. The van der Waals surface area contributed by atoms with Gasteiger partial charge in [-0.3, -0.25) is 0 Å². The molecule has 106 valence electrons. The van der Waals surface area contributed by atoms with Gasteiger partial charge < -0.3 is 10.5 Å². The third-order valence-electron chi connectivity index (χ3n) is 3.14. The minimum atomic E-state index is -3.56. The lowest BCUT2D eigenvalue weighted by Crippen LogP contribution is -2.33. The van der Waals surface area contributed by atoms with Gasteiger partial charge in [-0.15, -0.1) is 0 Å². The van der Waals surface area contributed by atoms with Crippen LogP contribution in [0.5, 0.6) is 5.75 Å². The van der Waals surface area contributed by atoms with E-state index in [2.05, 4.69) is 15.9 Å². The third kappa shape index (κ3) is 2.73. The van der Waals surface area contributed by atoms with Crippen LogP contribution in [0.3, 0.4) is 0 Å². The zero-order valence-electron chi connectivity index (χ0n) is 10.9. The second-order valence-corrected chi connectivity index (χ2v) is 7.18. The van der Waals surface area contributed by atoms with Crippen LogP contribution in [0.4, 0.5) is 5.69 Å². The first-order valence-corrected chi connectivity index (χ1v) is 8.30. The number of benzene rings is 1. The van der Waals surface area contributed by atoms with Gasteiger partial charge in [0.25, 0.3) is 0 Å². The highest BCUT2D eigenvalue weighted by Crippen LogP contribution is 2.37. The van der Waals surface area contributed by atoms with Gasteiger partial charge in [-0.25, -0.2) is 8.42 Å². The molecule has 5 nitrogen and oxygen atoms in total. The van der Waals surface area contributed by atoms with E-state index in [9.17, 15) is 8.42 Å². The number of hydrogen-bond donors (Lipinski definition) is 1. The number of sulfonamides is 1. The van der Waals surface area contributed by atoms with Crippen LogP contribution in [0.25, 0.3) is 0 Å². The first-order chi connectivity index (χ1) is 8.91. The molecule has 0 bridgehead atoms. The summed E-state index contributed by atoms with van der Waals surface area (Å²) in [5.74, 6) is 0.306. The van der Waals surface area contributed by atoms with Crippen LogP contribution in [-0.2, 0) is 10.0 Å². The van der Waals surface area contributed by atoms with E-state index in [-0.39, 0.29) is 10.9 Å². The van der Waals surface area contributed by atoms with Gasteiger partial charge in [-0.05, 0) is 40.9 Å². The fraction of sp³-hybridized carbons (Fsp3) is 0.500. The van der Waals surface area contributed by atoms with Crippen LogP contribution >= 0.6 is 15.9 Å². The SMILES string of the molecule is CCN(C1CC1)S(=O)(=O)c1cc(N)c(Br)cc1OC. The summed E-state index contributed by atoms with van der Waals surface area (Å²) in [4.78, 5) is 0.129. The Balaban J connectivity index is 2.53. The maximum absolute atomic E-state index is 12.7. The number of halogens is 1. The Morgan fingerprint density at radius 2 is 2.11 bits per heavy atom. The van der Waals surface area contributed by atoms with Gasteiger partial charge in [-0.2, -0.15) is 4.31 Å². The molecule has 0 atom stereocenters. The lowest BCUT2D eigenvalue weighted by molar-refractivity contribution is 0.390. The average molecular weight is 349 g/mol. The second kappa shape index (κ2) is 5.30. The highest BCUT2D eigenvalue weighted by atomic mass is 79.9. The topological polar surface area (TPSA) is 72.6 Å². The van der Waals surface area contributed by atoms with Gasteiger partial charge >= 0.3 is 0 Å². The van der Waals surface area contributed by atoms with Gasteiger partial charge in [0, 0.05) is 22.7 Å². The van der Waals surface area contributed by atoms with Crippen molar-refractivity contribution >= 4 is 31.6 Å². The molecule has 1 aromatic carbocycles. The summed E-state index contributed by atoms with van der Waals surface area (Å²) in [6, 6.07) is 3.15. The van der Waals surface area contributed by atoms with Crippen molar-refractivity contribution in [2.24, 2.45) is 0 Å². The standard InChI is InChI=1S/C12H17BrN2O3S/c1-3-15(8-4-5-8)19(16,17)12-7-10(14)9(13)6-11(12)18-2/h6-8H,3-5,14H2,1-2H3. The Morgan fingerprint density at radius 1 is 1.47 bits per heavy atom. The van der Waals surface area contributed by atoms with Crippen molar-refractivity contribution in [3.8, 4) is 5.75 Å². The minimum Gasteiger partial charge on any atom is -0.495 e. The maximum atomic E-state index is 12.7. The molecule has 19 heavy (non-hydrogen) atoms. The third-order valence-corrected chi connectivity index (χ3v) is 5.87. The summed E-state index contributed by atoms with van der Waals surface area (Å²) in [5.41, 5.74) is 6.17. The Kier molecular flexibility index (Phi) is 4.08. The lowest BCUT2D eigenvalue weighted by atomic mass is 10.3. The van der Waals surface area contributed by atoms with Crippen LogP contribution in [-0.4, -0.2) is 32.4 Å². The minimum absolute atomic E-state index is 0.115. The van der Waals surface area contributed by atoms with Crippen molar-refractivity contribution in [2.45, 2.75) is 30.7 Å². The number of anilines is 1. The van der Waals surface area contributed by atoms with Crippen LogP contribution < -0.4 is 10.5 Å². The largest absolute Gasteiger partial charge is 0.495 e. The molecule has 0 radical (unpaired) electrons. The van der Waals surface area contributed by atoms with Gasteiger partial charge in [0.15, 0.2) is 0 Å². The Bertz CT molecular complexity index is 585. The van der Waals surface area contributed by atoms with Crippen molar-refractivity contribution in [2.75, 3.05) is 19.4 Å². The molecule has 1 aliphatic carbocycles. The summed E-state index contributed by atoms with van der Waals surface area (Å²) < 4.78 is 32.6. The number of nitrogen functional groups attached to an aromatic ring is 1. The number of rotatable bonds is 5. The van der Waals surface area contributed by atoms with Crippen molar-refractivity contribution in [3.63, 3.8) is 0 Å². The summed E-state index contributed by atoms with van der Waals surface area (Å²) >= 11 is 3.27. The lowest BCUT2D eigenvalue weighted by Gasteiger charge is -2.21. The van der Waals surface area contributed by atoms with E-state index in [0.717, 1.165) is 12.8 Å². The molecule has 0 aromatic heterocycles. The summed E-state index contributed by atoms with van der Waals surface area (Å²) in [5, 5.41) is 0. The molecule has 0 unspecified atom stereocenters. The van der Waals surface area contributed by atoms with Gasteiger partial charge in [-0.1, -0.05) is 6.92 Å². The molecule has 1 fully saturated rings. The molecule has 0 spiro atoms. The van der Waals surface area contributed by atoms with E-state index in [0.29, 0.717) is 22.5 Å². The van der Waals surface area contributed by atoms with Crippen molar-refractivity contribution in [1.82, 2.24) is 4.31 Å². The van der Waals surface area contributed by atoms with E-state index >= 15 is 0 Å². The van der Waals surface area contributed by atoms with Crippen molar-refractivity contribution in [1.29, 1.82) is 0 Å². The zero-order chi connectivity index (χ0) is 14.2. The van der Waals surface area contributed by atoms with E-state index in [1.165, 1.54) is 17.5 Å². The van der Waals surface area contributed by atoms with E-state index < -0.39 is 10.0 Å². The normalized spacial score (nSPS) is 15.8. The molecule has 0 amide bonds. The van der Waals surface area contributed by atoms with Crippen molar-refractivity contribution < 1.29 is 13.2 Å². The molecule has 2 rings (SSSR count). The smallest absolute Gasteiger partial charge is 0.247 e. The molecular formula is C12H17BrN2O3S. The highest BCUT2D eigenvalue weighted by molar-refractivity contribution is 9.10. The number of ether oxygens (including phenoxy) is 1. The quantitative estimate of drug-likeness (QED) is 0.828. The zero-order valence-corrected chi connectivity index (χ0v) is 13.3. The molecule has 1 saturated carbocycles. The van der Waals surface area contributed by atoms with Crippen LogP contribution in [0.2, 0.25) is 0 Å². The molecule has 7 heteroatoms. The fourth-order valence-corrected chi connectivity index (χ4v) is 4.22. The monoisotopic (exact) mass is 348 g/mol. The summed E-state index contributed by atoms with van der Waals surface area (Å²) in [6.07, 6.45) is 1.84. The van der Waals surface area contributed by atoms with E-state index in [1.54, 1.807) is 6.07 Å². The maximum Gasteiger partial charge on any atom is 0.247 e. The summed E-state index contributed by atoms with van der Waals surface area (Å²) in [6.45, 7) is 2.29. The second-order valence-electron chi connectivity index (χ2n) is 4.46. The molecule has 2 N–H and O–H groups in total. The molecule has 1 aromatic rings. The molecule has 1 aliphatic rings. The molecule has 0 aliphatic heterocycles. The van der Waals surface area contributed by atoms with Gasteiger partial charge in [0.1, 0.15) is 10.6 Å². The Hall–Kier alpha value is -0.790. The number of hydrogen-bond acceptors (Lipinski definition) is 4. The van der Waals surface area contributed by atoms with E-state index in [1.807, 2.05) is 6.92 Å². The van der Waals surface area contributed by atoms with E-state index in [4.69, 9.17) is 10.5 Å². The predicted octanol–water partition coefficient (Wildman–Crippen LogP) is 2.21. The Labute approximate surface area is 121 Å². The number of nitrogens with zero attached hydrogens (tertiary/aromatic N) is 1. The van der Waals surface area contributed by atoms with Gasteiger partial charge in [0.05, 0.1) is 7.11 Å². The fourth-order valence-electron chi connectivity index (χ4n) is 2.03. The van der Waals surface area contributed by atoms with Crippen LogP contribution in [0, 0.1) is 0 Å². The first kappa shape index (κ1) is 14.6. The predicted molar refractivity (Wildman–Crippen MR) is 77.7 cm³/mol. The molecular weight excluding hydrogens is 332 g/mol. The van der Waals surface area contributed by atoms with Crippen LogP contribution in [0.1, 0.15) is 19.8 Å². The average Bonchev–Trinajstić information content (AvgIpc) is 3.17. The highest BCUT2D eigenvalue weighted by Gasteiger charge is 2.38. The van der Waals surface area contributed by atoms with Crippen LogP contribution in [0.15, 0.2) is 21.5 Å².